The molecule has 2 heterocycles. The summed E-state index contributed by atoms with van der Waals surface area (Å²) < 4.78 is 1.40. The third kappa shape index (κ3) is 3.69. The van der Waals surface area contributed by atoms with Crippen LogP contribution < -0.4 is 16.4 Å². The van der Waals surface area contributed by atoms with Crippen LogP contribution in [0.2, 0.25) is 5.02 Å². The Balaban J connectivity index is 1.87. The fraction of sp³-hybridized carbons (Fsp3) is 0.0556. The number of amides is 3. The zero-order valence-electron chi connectivity index (χ0n) is 14.6. The second-order valence-electron chi connectivity index (χ2n) is 5.61. The largest absolute Gasteiger partial charge is 0.364 e. The van der Waals surface area contributed by atoms with Crippen molar-refractivity contribution < 1.29 is 14.4 Å². The van der Waals surface area contributed by atoms with E-state index in [4.69, 9.17) is 17.3 Å². The van der Waals surface area contributed by atoms with Gasteiger partial charge in [0.1, 0.15) is 12.0 Å². The second kappa shape index (κ2) is 7.89. The minimum absolute atomic E-state index is 0.0419. The lowest BCUT2D eigenvalue weighted by molar-refractivity contribution is 0.0937. The van der Waals surface area contributed by atoms with Crippen molar-refractivity contribution in [3.63, 3.8) is 0 Å². The molecule has 0 saturated carbocycles. The van der Waals surface area contributed by atoms with Crippen LogP contribution in [0.5, 0.6) is 0 Å². The third-order valence-corrected chi connectivity index (χ3v) is 4.16. The third-order valence-electron chi connectivity index (χ3n) is 3.86. The van der Waals surface area contributed by atoms with Gasteiger partial charge in [0.15, 0.2) is 5.69 Å². The van der Waals surface area contributed by atoms with Crippen molar-refractivity contribution in [3.05, 3.63) is 71.0 Å². The number of nitrogens with one attached hydrogen (secondary N) is 2. The molecular weight excluding hydrogens is 384 g/mol. The first-order valence-electron chi connectivity index (χ1n) is 8.03. The molecule has 3 amide bonds. The first-order valence-corrected chi connectivity index (χ1v) is 8.40. The Kier molecular flexibility index (Phi) is 5.37. The van der Waals surface area contributed by atoms with Gasteiger partial charge >= 0.3 is 0 Å². The van der Waals surface area contributed by atoms with E-state index in [-0.39, 0.29) is 22.3 Å². The number of benzene rings is 1. The Labute approximate surface area is 164 Å². The molecule has 3 rings (SSSR count). The first kappa shape index (κ1) is 19.1. The maximum atomic E-state index is 12.3. The van der Waals surface area contributed by atoms with Gasteiger partial charge in [0, 0.05) is 30.8 Å². The number of hydrogen-bond acceptors (Lipinski definition) is 5. The van der Waals surface area contributed by atoms with Crippen LogP contribution in [0.1, 0.15) is 31.3 Å². The van der Waals surface area contributed by atoms with Crippen molar-refractivity contribution in [3.8, 4) is 5.69 Å². The minimum Gasteiger partial charge on any atom is -0.364 e. The summed E-state index contributed by atoms with van der Waals surface area (Å²) in [6.07, 6.45) is 4.18. The molecule has 0 aliphatic rings. The molecule has 0 radical (unpaired) electrons. The SMILES string of the molecule is CNC(=O)c1ncn(-c2ccc(NC(=O)c3ccncc3Cl)cc2)c1C(N)=O. The number of carbonyl (C=O) groups is 3. The van der Waals surface area contributed by atoms with Crippen LogP contribution in [0.15, 0.2) is 49.1 Å². The van der Waals surface area contributed by atoms with Gasteiger partial charge in [-0.25, -0.2) is 4.98 Å². The summed E-state index contributed by atoms with van der Waals surface area (Å²) in [6.45, 7) is 0. The highest BCUT2D eigenvalue weighted by Gasteiger charge is 2.22. The number of nitrogens with zero attached hydrogens (tertiary/aromatic N) is 3. The molecule has 3 aromatic rings. The van der Waals surface area contributed by atoms with Crippen LogP contribution in [-0.2, 0) is 0 Å². The Hall–Kier alpha value is -3.72. The van der Waals surface area contributed by atoms with Gasteiger partial charge in [-0.2, -0.15) is 0 Å². The van der Waals surface area contributed by atoms with Crippen LogP contribution in [0.3, 0.4) is 0 Å². The van der Waals surface area contributed by atoms with Crippen molar-refractivity contribution >= 4 is 35.0 Å². The van der Waals surface area contributed by atoms with Crippen LogP contribution >= 0.6 is 11.6 Å². The predicted octanol–water partition coefficient (Wildman–Crippen LogP) is 1.63. The molecule has 28 heavy (non-hydrogen) atoms. The normalized spacial score (nSPS) is 10.4. The van der Waals surface area contributed by atoms with Crippen LogP contribution in [0.25, 0.3) is 5.69 Å². The van der Waals surface area contributed by atoms with Gasteiger partial charge in [-0.3, -0.25) is 23.9 Å². The van der Waals surface area contributed by atoms with E-state index in [9.17, 15) is 14.4 Å². The van der Waals surface area contributed by atoms with E-state index >= 15 is 0 Å². The summed E-state index contributed by atoms with van der Waals surface area (Å²) in [4.78, 5) is 43.8. The van der Waals surface area contributed by atoms with Crippen LogP contribution in [0, 0.1) is 0 Å². The fourth-order valence-corrected chi connectivity index (χ4v) is 2.73. The molecule has 142 valence electrons. The molecule has 2 aromatic heterocycles. The molecule has 1 aromatic carbocycles. The lowest BCUT2D eigenvalue weighted by Crippen LogP contribution is -2.25. The van der Waals surface area contributed by atoms with E-state index in [0.29, 0.717) is 16.9 Å². The molecule has 0 atom stereocenters. The number of carbonyl (C=O) groups excluding carboxylic acids is 3. The molecule has 0 spiro atoms. The average molecular weight is 399 g/mol. The molecule has 0 unspecified atom stereocenters. The molecule has 0 aliphatic carbocycles. The highest BCUT2D eigenvalue weighted by molar-refractivity contribution is 6.34. The van der Waals surface area contributed by atoms with E-state index in [1.54, 1.807) is 24.3 Å². The zero-order valence-corrected chi connectivity index (χ0v) is 15.4. The van der Waals surface area contributed by atoms with Crippen molar-refractivity contribution in [2.75, 3.05) is 12.4 Å². The van der Waals surface area contributed by atoms with E-state index < -0.39 is 11.8 Å². The second-order valence-corrected chi connectivity index (χ2v) is 6.02. The number of nitrogens with two attached hydrogens (primary N) is 1. The topological polar surface area (TPSA) is 132 Å². The van der Waals surface area contributed by atoms with Gasteiger partial charge in [0.05, 0.1) is 10.6 Å². The van der Waals surface area contributed by atoms with Gasteiger partial charge in [-0.05, 0) is 30.3 Å². The summed E-state index contributed by atoms with van der Waals surface area (Å²) in [5.41, 5.74) is 6.64. The van der Waals surface area contributed by atoms with Gasteiger partial charge in [0.25, 0.3) is 17.7 Å². The smallest absolute Gasteiger partial charge is 0.272 e. The standard InChI is InChI=1S/C18H15ClN6O3/c1-21-18(28)14-15(16(20)26)25(9-23-14)11-4-2-10(3-5-11)24-17(27)12-6-7-22-8-13(12)19/h2-9H,1H3,(H2,20,26)(H,21,28)(H,24,27). The lowest BCUT2D eigenvalue weighted by Gasteiger charge is -2.10. The van der Waals surface area contributed by atoms with Crippen molar-refractivity contribution in [2.45, 2.75) is 0 Å². The maximum Gasteiger partial charge on any atom is 0.272 e. The minimum atomic E-state index is -0.791. The summed E-state index contributed by atoms with van der Waals surface area (Å²) in [5.74, 6) is -1.70. The molecule has 0 saturated heterocycles. The van der Waals surface area contributed by atoms with E-state index in [1.807, 2.05) is 0 Å². The average Bonchev–Trinajstić information content (AvgIpc) is 3.13. The number of primary amides is 1. The number of hydrogen-bond donors (Lipinski definition) is 3. The Morgan fingerprint density at radius 1 is 1.11 bits per heavy atom. The number of pyridine rings is 1. The monoisotopic (exact) mass is 398 g/mol. The van der Waals surface area contributed by atoms with Gasteiger partial charge < -0.3 is 16.4 Å². The van der Waals surface area contributed by atoms with Crippen molar-refractivity contribution in [1.29, 1.82) is 0 Å². The number of halogens is 1. The van der Waals surface area contributed by atoms with Gasteiger partial charge in [-0.1, -0.05) is 11.6 Å². The van der Waals surface area contributed by atoms with Crippen molar-refractivity contribution in [2.24, 2.45) is 5.73 Å². The van der Waals surface area contributed by atoms with E-state index in [0.717, 1.165) is 0 Å². The number of imidazole rings is 1. The summed E-state index contributed by atoms with van der Waals surface area (Å²) in [7, 11) is 1.43. The highest BCUT2D eigenvalue weighted by Crippen LogP contribution is 2.19. The molecule has 0 fully saturated rings. The number of aromatic nitrogens is 3. The Morgan fingerprint density at radius 3 is 2.43 bits per heavy atom. The summed E-state index contributed by atoms with van der Waals surface area (Å²) in [5, 5.41) is 5.36. The van der Waals surface area contributed by atoms with Gasteiger partial charge in [0.2, 0.25) is 0 Å². The molecule has 10 heteroatoms. The lowest BCUT2D eigenvalue weighted by atomic mass is 10.2. The van der Waals surface area contributed by atoms with Crippen LogP contribution in [-0.4, -0.2) is 39.3 Å². The summed E-state index contributed by atoms with van der Waals surface area (Å²) in [6, 6.07) is 8.06. The Bertz CT molecular complexity index is 1060. The van der Waals surface area contributed by atoms with Gasteiger partial charge in [-0.15, -0.1) is 0 Å². The van der Waals surface area contributed by atoms with E-state index in [1.165, 1.54) is 36.4 Å². The van der Waals surface area contributed by atoms with Crippen LogP contribution in [0.4, 0.5) is 5.69 Å². The molecule has 0 aliphatic heterocycles. The molecule has 4 N–H and O–H groups in total. The maximum absolute atomic E-state index is 12.3. The fourth-order valence-electron chi connectivity index (χ4n) is 2.53. The quantitative estimate of drug-likeness (QED) is 0.601. The summed E-state index contributed by atoms with van der Waals surface area (Å²) >= 11 is 5.97. The first-order chi connectivity index (χ1) is 13.4. The Morgan fingerprint density at radius 2 is 1.82 bits per heavy atom. The predicted molar refractivity (Wildman–Crippen MR) is 103 cm³/mol. The van der Waals surface area contributed by atoms with Crippen molar-refractivity contribution in [1.82, 2.24) is 19.9 Å². The highest BCUT2D eigenvalue weighted by atomic mass is 35.5. The van der Waals surface area contributed by atoms with E-state index in [2.05, 4.69) is 20.6 Å². The number of anilines is 1. The molecule has 9 nitrogen and oxygen atoms in total. The zero-order chi connectivity index (χ0) is 20.3. The molecular formula is C18H15ClN6O3. The number of rotatable bonds is 5. The molecule has 0 bridgehead atoms.